The van der Waals surface area contributed by atoms with E-state index in [4.69, 9.17) is 21.1 Å². The van der Waals surface area contributed by atoms with Crippen molar-refractivity contribution >= 4 is 27.5 Å². The predicted octanol–water partition coefficient (Wildman–Crippen LogP) is 3.46. The highest BCUT2D eigenvalue weighted by Crippen LogP contribution is 2.36. The van der Waals surface area contributed by atoms with Crippen molar-refractivity contribution < 1.29 is 22.7 Å². The summed E-state index contributed by atoms with van der Waals surface area (Å²) >= 11 is 6.03. The van der Waals surface area contributed by atoms with Gasteiger partial charge in [-0.2, -0.15) is 4.31 Å². The molecule has 0 bridgehead atoms. The lowest BCUT2D eigenvalue weighted by atomic mass is 9.82. The van der Waals surface area contributed by atoms with E-state index in [1.165, 1.54) is 23.5 Å². The van der Waals surface area contributed by atoms with Crippen LogP contribution >= 0.6 is 11.6 Å². The number of piperidine rings is 1. The van der Waals surface area contributed by atoms with E-state index in [2.05, 4.69) is 5.32 Å². The third-order valence-electron chi connectivity index (χ3n) is 5.57. The number of hydrogen-bond donors (Lipinski definition) is 1. The first-order valence-corrected chi connectivity index (χ1v) is 11.8. The normalized spacial score (nSPS) is 19.6. The Bertz CT molecular complexity index is 1040. The van der Waals surface area contributed by atoms with Crippen molar-refractivity contribution in [3.63, 3.8) is 0 Å². The predicted molar refractivity (Wildman–Crippen MR) is 119 cm³/mol. The first-order chi connectivity index (χ1) is 14.7. The average molecular weight is 467 g/mol. The number of methoxy groups -OCH3 is 2. The zero-order valence-corrected chi connectivity index (χ0v) is 19.4. The third-order valence-corrected chi connectivity index (χ3v) is 7.67. The lowest BCUT2D eigenvalue weighted by Crippen LogP contribution is -2.51. The number of amides is 1. The molecule has 1 unspecified atom stereocenters. The van der Waals surface area contributed by atoms with Gasteiger partial charge in [0.05, 0.1) is 19.6 Å². The first kappa shape index (κ1) is 23.4. The van der Waals surface area contributed by atoms with Gasteiger partial charge in [0, 0.05) is 24.7 Å². The molecule has 1 atom stereocenters. The van der Waals surface area contributed by atoms with Crippen LogP contribution in [0.15, 0.2) is 47.4 Å². The second-order valence-electron chi connectivity index (χ2n) is 7.83. The fourth-order valence-electron chi connectivity index (χ4n) is 3.71. The van der Waals surface area contributed by atoms with Gasteiger partial charge in [-0.05, 0) is 55.7 Å². The van der Waals surface area contributed by atoms with Crippen molar-refractivity contribution in [3.05, 3.63) is 53.1 Å². The fraction of sp³-hybridized carbons (Fsp3) is 0.409. The highest BCUT2D eigenvalue weighted by atomic mass is 35.5. The Labute approximate surface area is 188 Å². The number of sulfonamides is 1. The number of hydrogen-bond acceptors (Lipinski definition) is 5. The van der Waals surface area contributed by atoms with Gasteiger partial charge in [0.1, 0.15) is 16.4 Å². The summed E-state index contributed by atoms with van der Waals surface area (Å²) in [6, 6.07) is 11.9. The van der Waals surface area contributed by atoms with Crippen LogP contribution in [0.1, 0.15) is 25.3 Å². The van der Waals surface area contributed by atoms with Crippen LogP contribution in [0, 0.1) is 5.41 Å². The van der Waals surface area contributed by atoms with Crippen LogP contribution in [0.2, 0.25) is 5.02 Å². The van der Waals surface area contributed by atoms with Crippen LogP contribution in [0.4, 0.5) is 0 Å². The number of ether oxygens (including phenoxy) is 2. The number of rotatable bonds is 7. The minimum Gasteiger partial charge on any atom is -0.497 e. The van der Waals surface area contributed by atoms with Crippen LogP contribution in [0.5, 0.6) is 11.5 Å². The molecular weight excluding hydrogens is 440 g/mol. The highest BCUT2D eigenvalue weighted by Gasteiger charge is 2.42. The Hall–Kier alpha value is -2.29. The van der Waals surface area contributed by atoms with E-state index in [0.717, 1.165) is 11.3 Å². The van der Waals surface area contributed by atoms with Crippen LogP contribution in [-0.2, 0) is 21.4 Å². The number of nitrogens with one attached hydrogen (secondary N) is 1. The molecule has 31 heavy (non-hydrogen) atoms. The van der Waals surface area contributed by atoms with Crippen molar-refractivity contribution in [1.29, 1.82) is 0 Å². The van der Waals surface area contributed by atoms with Gasteiger partial charge in [-0.25, -0.2) is 8.42 Å². The summed E-state index contributed by atoms with van der Waals surface area (Å²) < 4.78 is 38.3. The summed E-state index contributed by atoms with van der Waals surface area (Å²) in [6.45, 7) is 2.57. The third kappa shape index (κ3) is 5.14. The zero-order chi connectivity index (χ0) is 22.6. The van der Waals surface area contributed by atoms with Crippen LogP contribution in [0.25, 0.3) is 0 Å². The van der Waals surface area contributed by atoms with E-state index in [1.54, 1.807) is 20.1 Å². The maximum absolute atomic E-state index is 13.3. The Kier molecular flexibility index (Phi) is 7.13. The molecule has 1 fully saturated rings. The molecule has 0 spiro atoms. The first-order valence-electron chi connectivity index (χ1n) is 9.94. The maximum atomic E-state index is 13.3. The molecule has 2 aromatic rings. The lowest BCUT2D eigenvalue weighted by molar-refractivity contribution is -0.132. The second kappa shape index (κ2) is 9.46. The summed E-state index contributed by atoms with van der Waals surface area (Å²) in [4.78, 5) is 13.0. The van der Waals surface area contributed by atoms with E-state index in [9.17, 15) is 13.2 Å². The molecule has 0 radical (unpaired) electrons. The smallest absolute Gasteiger partial charge is 0.246 e. The molecule has 1 aliphatic heterocycles. The minimum atomic E-state index is -3.88. The van der Waals surface area contributed by atoms with Crippen molar-refractivity contribution in [2.45, 2.75) is 31.2 Å². The Morgan fingerprint density at radius 2 is 1.87 bits per heavy atom. The Morgan fingerprint density at radius 1 is 1.16 bits per heavy atom. The molecule has 1 heterocycles. The average Bonchev–Trinajstić information content (AvgIpc) is 2.77. The van der Waals surface area contributed by atoms with Gasteiger partial charge >= 0.3 is 0 Å². The van der Waals surface area contributed by atoms with E-state index in [-0.39, 0.29) is 23.1 Å². The number of halogens is 1. The van der Waals surface area contributed by atoms with Gasteiger partial charge in [0.15, 0.2) is 0 Å². The summed E-state index contributed by atoms with van der Waals surface area (Å²) in [7, 11) is -0.868. The van der Waals surface area contributed by atoms with Gasteiger partial charge in [0.25, 0.3) is 0 Å². The molecule has 1 saturated heterocycles. The summed E-state index contributed by atoms with van der Waals surface area (Å²) in [5.74, 6) is 0.786. The minimum absolute atomic E-state index is 0.00499. The molecule has 3 rings (SSSR count). The molecule has 0 saturated carbocycles. The number of nitrogens with zero attached hydrogens (tertiary/aromatic N) is 1. The molecule has 1 N–H and O–H groups in total. The summed E-state index contributed by atoms with van der Waals surface area (Å²) in [5, 5.41) is 3.25. The Morgan fingerprint density at radius 3 is 2.52 bits per heavy atom. The fourth-order valence-corrected chi connectivity index (χ4v) is 5.73. The quantitative estimate of drug-likeness (QED) is 0.675. The van der Waals surface area contributed by atoms with Crippen molar-refractivity contribution in [3.8, 4) is 11.5 Å². The monoisotopic (exact) mass is 466 g/mol. The molecule has 168 valence electrons. The maximum Gasteiger partial charge on any atom is 0.246 e. The van der Waals surface area contributed by atoms with E-state index >= 15 is 0 Å². The van der Waals surface area contributed by atoms with Crippen LogP contribution in [0.3, 0.4) is 0 Å². The molecule has 1 aliphatic rings. The van der Waals surface area contributed by atoms with Crippen LogP contribution < -0.4 is 14.8 Å². The van der Waals surface area contributed by atoms with E-state index < -0.39 is 15.4 Å². The lowest BCUT2D eigenvalue weighted by Gasteiger charge is -2.38. The molecule has 0 aromatic heterocycles. The summed E-state index contributed by atoms with van der Waals surface area (Å²) in [5.41, 5.74) is 0.0885. The van der Waals surface area contributed by atoms with Crippen molar-refractivity contribution in [2.24, 2.45) is 5.41 Å². The van der Waals surface area contributed by atoms with Gasteiger partial charge in [-0.15, -0.1) is 0 Å². The van der Waals surface area contributed by atoms with Crippen molar-refractivity contribution in [2.75, 3.05) is 27.3 Å². The number of carbonyl (C=O) groups excluding carboxylic acids is 1. The van der Waals surface area contributed by atoms with Gasteiger partial charge < -0.3 is 14.8 Å². The molecule has 0 aliphatic carbocycles. The Balaban J connectivity index is 1.74. The molecular formula is C22H27ClN2O5S. The SMILES string of the molecule is COc1ccc(CNC(=O)C2(C)CCCN(S(=O)(=O)c3cc(Cl)ccc3OC)C2)cc1. The standard InChI is InChI=1S/C22H27ClN2O5S/c1-22(21(26)24-14-16-5-8-18(29-2)9-6-16)11-4-12-25(15-22)31(27,28)20-13-17(23)7-10-19(20)30-3/h5-10,13H,4,11-12,14-15H2,1-3H3,(H,24,26). The van der Waals surface area contributed by atoms with Gasteiger partial charge in [-0.1, -0.05) is 23.7 Å². The molecule has 9 heteroatoms. The second-order valence-corrected chi connectivity index (χ2v) is 10.2. The largest absolute Gasteiger partial charge is 0.497 e. The topological polar surface area (TPSA) is 84.9 Å². The molecule has 7 nitrogen and oxygen atoms in total. The number of benzene rings is 2. The summed E-state index contributed by atoms with van der Waals surface area (Å²) in [6.07, 6.45) is 1.18. The zero-order valence-electron chi connectivity index (χ0n) is 17.9. The van der Waals surface area contributed by atoms with E-state index in [1.807, 2.05) is 24.3 Å². The highest BCUT2D eigenvalue weighted by molar-refractivity contribution is 7.89. The molecule has 2 aromatic carbocycles. The number of carbonyl (C=O) groups is 1. The van der Waals surface area contributed by atoms with Crippen LogP contribution in [-0.4, -0.2) is 45.9 Å². The van der Waals surface area contributed by atoms with E-state index in [0.29, 0.717) is 31.0 Å². The molecule has 1 amide bonds. The van der Waals surface area contributed by atoms with Crippen molar-refractivity contribution in [1.82, 2.24) is 9.62 Å². The van der Waals surface area contributed by atoms with Gasteiger partial charge in [0.2, 0.25) is 15.9 Å². The van der Waals surface area contributed by atoms with Gasteiger partial charge in [-0.3, -0.25) is 4.79 Å².